The zero-order valence-corrected chi connectivity index (χ0v) is 15.8. The Morgan fingerprint density at radius 1 is 1.10 bits per heavy atom. The van der Waals surface area contributed by atoms with Crippen molar-refractivity contribution in [1.29, 1.82) is 0 Å². The number of nitrogens with one attached hydrogen (secondary N) is 3. The Morgan fingerprint density at radius 2 is 1.97 bits per heavy atom. The number of nitrogens with zero attached hydrogens (tertiary/aromatic N) is 4. The predicted molar refractivity (Wildman–Crippen MR) is 108 cm³/mol. The van der Waals surface area contributed by atoms with Gasteiger partial charge in [0, 0.05) is 17.8 Å². The molecule has 3 N–H and O–H groups in total. The molecule has 0 radical (unpaired) electrons. The Kier molecular flexibility index (Phi) is 5.25. The molecule has 10 heteroatoms. The molecule has 29 heavy (non-hydrogen) atoms. The molecule has 0 unspecified atom stereocenters. The van der Waals surface area contributed by atoms with Crippen LogP contribution in [0, 0.1) is 0 Å². The van der Waals surface area contributed by atoms with E-state index in [1.54, 1.807) is 22.1 Å². The lowest BCUT2D eigenvalue weighted by molar-refractivity contribution is -0.117. The van der Waals surface area contributed by atoms with Gasteiger partial charge in [-0.05, 0) is 29.7 Å². The van der Waals surface area contributed by atoms with E-state index in [9.17, 15) is 9.59 Å². The summed E-state index contributed by atoms with van der Waals surface area (Å²) in [5.74, 6) is -1.07. The van der Waals surface area contributed by atoms with E-state index in [2.05, 4.69) is 31.4 Å². The highest BCUT2D eigenvalue weighted by Gasteiger charge is 2.12. The van der Waals surface area contributed by atoms with Gasteiger partial charge in [-0.25, -0.2) is 4.68 Å². The Hall–Kier alpha value is -4.05. The topological polar surface area (TPSA) is 118 Å². The van der Waals surface area contributed by atoms with Crippen molar-refractivity contribution < 1.29 is 9.59 Å². The summed E-state index contributed by atoms with van der Waals surface area (Å²) in [5.41, 5.74) is 7.08. The first-order chi connectivity index (χ1) is 14.2. The lowest BCUT2D eigenvalue weighted by atomic mass is 10.2. The molecule has 0 saturated carbocycles. The SMILES string of the molecule is O=C(C=Cc1cn(-c2ccccc2)nc1-c1cccs1)NNC(=O)c1cn[nH]n1. The van der Waals surface area contributed by atoms with Crippen LogP contribution in [0.25, 0.3) is 22.3 Å². The smallest absolute Gasteiger partial charge is 0.268 e. The van der Waals surface area contributed by atoms with E-state index in [4.69, 9.17) is 0 Å². The van der Waals surface area contributed by atoms with Crippen molar-refractivity contribution in [1.82, 2.24) is 36.0 Å². The first kappa shape index (κ1) is 18.3. The second kappa shape index (κ2) is 8.31. The maximum Gasteiger partial charge on any atom is 0.291 e. The number of hydrogen-bond acceptors (Lipinski definition) is 6. The fourth-order valence-electron chi connectivity index (χ4n) is 2.53. The number of H-pyrrole nitrogens is 1. The number of thiophene rings is 1. The lowest BCUT2D eigenvalue weighted by Crippen LogP contribution is -2.40. The number of aromatic amines is 1. The molecule has 3 aromatic heterocycles. The largest absolute Gasteiger partial charge is 0.291 e. The van der Waals surface area contributed by atoms with Crippen LogP contribution >= 0.6 is 11.3 Å². The van der Waals surface area contributed by atoms with Crippen molar-refractivity contribution in [3.8, 4) is 16.3 Å². The second-order valence-corrected chi connectivity index (χ2v) is 6.77. The van der Waals surface area contributed by atoms with Crippen LogP contribution in [0.4, 0.5) is 0 Å². The molecule has 9 nitrogen and oxygen atoms in total. The highest BCUT2D eigenvalue weighted by Crippen LogP contribution is 2.28. The maximum atomic E-state index is 12.1. The van der Waals surface area contributed by atoms with E-state index in [1.807, 2.05) is 54.0 Å². The molecule has 144 valence electrons. The molecule has 0 bridgehead atoms. The number of carbonyl (C=O) groups is 2. The van der Waals surface area contributed by atoms with E-state index in [0.717, 1.165) is 21.8 Å². The molecule has 0 aliphatic carbocycles. The van der Waals surface area contributed by atoms with Crippen LogP contribution in [0.15, 0.2) is 66.3 Å². The van der Waals surface area contributed by atoms with Gasteiger partial charge < -0.3 is 0 Å². The van der Waals surface area contributed by atoms with Crippen LogP contribution < -0.4 is 10.9 Å². The summed E-state index contributed by atoms with van der Waals surface area (Å²) in [6.07, 6.45) is 6.08. The molecular weight excluding hydrogens is 390 g/mol. The maximum absolute atomic E-state index is 12.1. The molecule has 0 aliphatic heterocycles. The number of benzene rings is 1. The van der Waals surface area contributed by atoms with Gasteiger partial charge in [-0.3, -0.25) is 20.4 Å². The number of hydrogen-bond donors (Lipinski definition) is 3. The van der Waals surface area contributed by atoms with Gasteiger partial charge in [-0.2, -0.15) is 20.5 Å². The third-order valence-corrected chi connectivity index (χ3v) is 4.76. The fraction of sp³-hybridized carbons (Fsp3) is 0. The third-order valence-electron chi connectivity index (χ3n) is 3.88. The zero-order chi connectivity index (χ0) is 20.1. The molecule has 0 spiro atoms. The molecule has 0 saturated heterocycles. The Bertz CT molecular complexity index is 1130. The van der Waals surface area contributed by atoms with Crippen molar-refractivity contribution in [3.63, 3.8) is 0 Å². The monoisotopic (exact) mass is 405 g/mol. The fourth-order valence-corrected chi connectivity index (χ4v) is 3.26. The summed E-state index contributed by atoms with van der Waals surface area (Å²) in [6.45, 7) is 0. The molecule has 4 rings (SSSR count). The van der Waals surface area contributed by atoms with E-state index in [0.29, 0.717) is 0 Å². The van der Waals surface area contributed by atoms with Crippen molar-refractivity contribution in [3.05, 3.63) is 77.6 Å². The average Bonchev–Trinajstić information content (AvgIpc) is 3.52. The van der Waals surface area contributed by atoms with Crippen molar-refractivity contribution >= 4 is 29.2 Å². The van der Waals surface area contributed by atoms with Gasteiger partial charge >= 0.3 is 0 Å². The Balaban J connectivity index is 1.51. The lowest BCUT2D eigenvalue weighted by Gasteiger charge is -2.02. The van der Waals surface area contributed by atoms with Crippen molar-refractivity contribution in [2.45, 2.75) is 0 Å². The van der Waals surface area contributed by atoms with Crippen molar-refractivity contribution in [2.75, 3.05) is 0 Å². The number of hydrazine groups is 1. The number of carbonyl (C=O) groups excluding carboxylic acids is 2. The summed E-state index contributed by atoms with van der Waals surface area (Å²) in [7, 11) is 0. The predicted octanol–water partition coefficient (Wildman–Crippen LogP) is 2.19. The summed E-state index contributed by atoms with van der Waals surface area (Å²) in [5, 5.41) is 16.1. The zero-order valence-electron chi connectivity index (χ0n) is 14.9. The third kappa shape index (κ3) is 4.28. The quantitative estimate of drug-likeness (QED) is 0.348. The first-order valence-corrected chi connectivity index (χ1v) is 9.42. The van der Waals surface area contributed by atoms with Crippen LogP contribution in [0.1, 0.15) is 16.1 Å². The van der Waals surface area contributed by atoms with Gasteiger partial charge in [0.1, 0.15) is 5.69 Å². The summed E-state index contributed by atoms with van der Waals surface area (Å²) < 4.78 is 1.76. The average molecular weight is 405 g/mol. The highest BCUT2D eigenvalue weighted by atomic mass is 32.1. The van der Waals surface area contributed by atoms with E-state index in [1.165, 1.54) is 12.3 Å². The molecule has 0 atom stereocenters. The van der Waals surface area contributed by atoms with Crippen LogP contribution in [0.2, 0.25) is 0 Å². The summed E-state index contributed by atoms with van der Waals surface area (Å²) >= 11 is 1.56. The number of amides is 2. The van der Waals surface area contributed by atoms with E-state index in [-0.39, 0.29) is 5.69 Å². The van der Waals surface area contributed by atoms with Gasteiger partial charge in [0.2, 0.25) is 0 Å². The van der Waals surface area contributed by atoms with E-state index < -0.39 is 11.8 Å². The molecule has 4 aromatic rings. The Morgan fingerprint density at radius 3 is 2.69 bits per heavy atom. The number of aromatic nitrogens is 5. The highest BCUT2D eigenvalue weighted by molar-refractivity contribution is 7.13. The normalized spacial score (nSPS) is 10.9. The molecule has 3 heterocycles. The molecular formula is C19H15N7O2S. The van der Waals surface area contributed by atoms with Gasteiger partial charge in [-0.15, -0.1) is 11.3 Å². The van der Waals surface area contributed by atoms with Crippen molar-refractivity contribution in [2.24, 2.45) is 0 Å². The van der Waals surface area contributed by atoms with Gasteiger partial charge in [0.15, 0.2) is 5.69 Å². The Labute approximate surface area is 169 Å². The standard InChI is InChI=1S/C19H15N7O2S/c27-17(22-23-19(28)15-11-20-25-21-15)9-8-13-12-26(14-5-2-1-3-6-14)24-18(13)16-7-4-10-29-16/h1-12H,(H,22,27)(H,23,28)(H,20,21,25). The van der Waals surface area contributed by atoms with Gasteiger partial charge in [0.05, 0.1) is 16.8 Å². The minimum Gasteiger partial charge on any atom is -0.268 e. The van der Waals surface area contributed by atoms with Crippen LogP contribution in [-0.4, -0.2) is 37.0 Å². The number of rotatable bonds is 5. The minimum atomic E-state index is -0.573. The second-order valence-electron chi connectivity index (χ2n) is 5.82. The summed E-state index contributed by atoms with van der Waals surface area (Å²) in [4.78, 5) is 24.8. The molecule has 0 fully saturated rings. The minimum absolute atomic E-state index is 0.0680. The molecule has 1 aromatic carbocycles. The van der Waals surface area contributed by atoms with Gasteiger partial charge in [0.25, 0.3) is 11.8 Å². The summed E-state index contributed by atoms with van der Waals surface area (Å²) in [6, 6.07) is 13.6. The number of para-hydroxylation sites is 1. The van der Waals surface area contributed by atoms with E-state index >= 15 is 0 Å². The van der Waals surface area contributed by atoms with Crippen LogP contribution in [0.3, 0.4) is 0 Å². The molecule has 2 amide bonds. The molecule has 0 aliphatic rings. The van der Waals surface area contributed by atoms with Crippen LogP contribution in [0.5, 0.6) is 0 Å². The van der Waals surface area contributed by atoms with Crippen LogP contribution in [-0.2, 0) is 4.79 Å². The van der Waals surface area contributed by atoms with Gasteiger partial charge in [-0.1, -0.05) is 24.3 Å². The first-order valence-electron chi connectivity index (χ1n) is 8.54.